The highest BCUT2D eigenvalue weighted by molar-refractivity contribution is 7.09. The molecule has 1 aromatic heterocycles. The Bertz CT molecular complexity index is 358. The second kappa shape index (κ2) is 5.60. The average Bonchev–Trinajstić information content (AvgIpc) is 2.90. The van der Waals surface area contributed by atoms with Crippen molar-refractivity contribution in [1.29, 1.82) is 0 Å². The predicted octanol–water partition coefficient (Wildman–Crippen LogP) is 1.54. The summed E-state index contributed by atoms with van der Waals surface area (Å²) in [7, 11) is 0. The van der Waals surface area contributed by atoms with E-state index in [0.717, 1.165) is 37.4 Å². The van der Waals surface area contributed by atoms with Crippen molar-refractivity contribution in [2.45, 2.75) is 32.7 Å². The van der Waals surface area contributed by atoms with Crippen molar-refractivity contribution in [3.05, 3.63) is 16.6 Å². The van der Waals surface area contributed by atoms with Crippen molar-refractivity contribution in [3.8, 4) is 0 Å². The van der Waals surface area contributed by atoms with E-state index in [2.05, 4.69) is 22.5 Å². The normalized spacial score (nSPS) is 18.9. The Morgan fingerprint density at radius 3 is 2.94 bits per heavy atom. The average molecular weight is 253 g/mol. The standard InChI is InChI=1S/C12H19N3OS/c1-2-12(3-5-13-6-4-12)11(16)15-9-10-14-7-8-17-10/h7-8,13H,2-6,9H2,1H3,(H,15,16). The van der Waals surface area contributed by atoms with Crippen LogP contribution in [0.15, 0.2) is 11.6 Å². The third-order valence-electron chi connectivity index (χ3n) is 3.60. The predicted molar refractivity (Wildman–Crippen MR) is 68.8 cm³/mol. The minimum absolute atomic E-state index is 0.164. The molecule has 4 nitrogen and oxygen atoms in total. The number of amides is 1. The number of nitrogens with zero attached hydrogens (tertiary/aromatic N) is 1. The van der Waals surface area contributed by atoms with Crippen LogP contribution < -0.4 is 10.6 Å². The first-order valence-electron chi connectivity index (χ1n) is 6.14. The van der Waals surface area contributed by atoms with Crippen LogP contribution in [0.5, 0.6) is 0 Å². The summed E-state index contributed by atoms with van der Waals surface area (Å²) in [4.78, 5) is 16.5. The zero-order valence-electron chi connectivity index (χ0n) is 10.2. The van der Waals surface area contributed by atoms with E-state index in [-0.39, 0.29) is 11.3 Å². The van der Waals surface area contributed by atoms with Gasteiger partial charge in [0.05, 0.1) is 12.0 Å². The van der Waals surface area contributed by atoms with Crippen LogP contribution >= 0.6 is 11.3 Å². The topological polar surface area (TPSA) is 54.0 Å². The van der Waals surface area contributed by atoms with Gasteiger partial charge in [0.2, 0.25) is 5.91 Å². The van der Waals surface area contributed by atoms with Gasteiger partial charge in [0, 0.05) is 11.6 Å². The van der Waals surface area contributed by atoms with E-state index in [1.165, 1.54) is 0 Å². The van der Waals surface area contributed by atoms with Crippen molar-refractivity contribution in [2.75, 3.05) is 13.1 Å². The summed E-state index contributed by atoms with van der Waals surface area (Å²) in [6.07, 6.45) is 4.56. The van der Waals surface area contributed by atoms with Gasteiger partial charge in [-0.05, 0) is 32.4 Å². The fourth-order valence-electron chi connectivity index (χ4n) is 2.33. The lowest BCUT2D eigenvalue weighted by Gasteiger charge is -2.35. The molecule has 1 fully saturated rings. The van der Waals surface area contributed by atoms with Gasteiger partial charge < -0.3 is 10.6 Å². The lowest BCUT2D eigenvalue weighted by Crippen LogP contribution is -2.47. The Morgan fingerprint density at radius 1 is 1.59 bits per heavy atom. The molecule has 1 aliphatic rings. The molecule has 1 amide bonds. The molecular weight excluding hydrogens is 234 g/mol. The Kier molecular flexibility index (Phi) is 4.12. The van der Waals surface area contributed by atoms with Gasteiger partial charge in [0.25, 0.3) is 0 Å². The fourth-order valence-corrected chi connectivity index (χ4v) is 2.89. The highest BCUT2D eigenvalue weighted by atomic mass is 32.1. The third kappa shape index (κ3) is 2.84. The van der Waals surface area contributed by atoms with Gasteiger partial charge in [-0.3, -0.25) is 4.79 Å². The van der Waals surface area contributed by atoms with E-state index in [9.17, 15) is 4.79 Å². The van der Waals surface area contributed by atoms with Crippen LogP contribution in [0.3, 0.4) is 0 Å². The summed E-state index contributed by atoms with van der Waals surface area (Å²) in [5, 5.41) is 9.24. The molecule has 17 heavy (non-hydrogen) atoms. The molecule has 0 spiro atoms. The van der Waals surface area contributed by atoms with E-state index >= 15 is 0 Å². The molecule has 5 heteroatoms. The molecule has 0 aromatic carbocycles. The summed E-state index contributed by atoms with van der Waals surface area (Å²) in [5.41, 5.74) is -0.164. The molecule has 2 heterocycles. The van der Waals surface area contributed by atoms with Crippen molar-refractivity contribution in [2.24, 2.45) is 5.41 Å². The summed E-state index contributed by atoms with van der Waals surface area (Å²) in [5.74, 6) is 0.191. The molecule has 0 radical (unpaired) electrons. The van der Waals surface area contributed by atoms with Gasteiger partial charge in [-0.2, -0.15) is 0 Å². The Labute approximate surface area is 106 Å². The molecule has 0 bridgehead atoms. The lowest BCUT2D eigenvalue weighted by atomic mass is 9.76. The van der Waals surface area contributed by atoms with E-state index in [0.29, 0.717) is 6.54 Å². The maximum atomic E-state index is 12.3. The Balaban J connectivity index is 1.93. The summed E-state index contributed by atoms with van der Waals surface area (Å²) in [6, 6.07) is 0. The fraction of sp³-hybridized carbons (Fsp3) is 0.667. The zero-order valence-corrected chi connectivity index (χ0v) is 11.0. The summed E-state index contributed by atoms with van der Waals surface area (Å²) in [6.45, 7) is 4.55. The van der Waals surface area contributed by atoms with Crippen molar-refractivity contribution < 1.29 is 4.79 Å². The maximum Gasteiger partial charge on any atom is 0.226 e. The summed E-state index contributed by atoms with van der Waals surface area (Å²) < 4.78 is 0. The molecule has 0 unspecified atom stereocenters. The van der Waals surface area contributed by atoms with Crippen molar-refractivity contribution in [3.63, 3.8) is 0 Å². The van der Waals surface area contributed by atoms with Crippen LogP contribution in [0.4, 0.5) is 0 Å². The second-order valence-corrected chi connectivity index (χ2v) is 5.47. The molecule has 0 saturated carbocycles. The molecule has 0 atom stereocenters. The van der Waals surface area contributed by atoms with Crippen LogP contribution in [0.2, 0.25) is 0 Å². The summed E-state index contributed by atoms with van der Waals surface area (Å²) >= 11 is 1.58. The van der Waals surface area contributed by atoms with E-state index in [4.69, 9.17) is 0 Å². The zero-order chi connectivity index (χ0) is 12.1. The van der Waals surface area contributed by atoms with Crippen molar-refractivity contribution >= 4 is 17.2 Å². The number of nitrogens with one attached hydrogen (secondary N) is 2. The molecular formula is C12H19N3OS. The smallest absolute Gasteiger partial charge is 0.226 e. The van der Waals surface area contributed by atoms with Crippen molar-refractivity contribution in [1.82, 2.24) is 15.6 Å². The van der Waals surface area contributed by atoms with Crippen LogP contribution in [0.25, 0.3) is 0 Å². The molecule has 2 N–H and O–H groups in total. The largest absolute Gasteiger partial charge is 0.349 e. The van der Waals surface area contributed by atoms with E-state index in [1.807, 2.05) is 5.38 Å². The van der Waals surface area contributed by atoms with Gasteiger partial charge in [0.1, 0.15) is 5.01 Å². The van der Waals surface area contributed by atoms with Gasteiger partial charge in [-0.25, -0.2) is 4.98 Å². The maximum absolute atomic E-state index is 12.3. The molecule has 1 aromatic rings. The number of piperidine rings is 1. The lowest BCUT2D eigenvalue weighted by molar-refractivity contribution is -0.133. The second-order valence-electron chi connectivity index (χ2n) is 4.49. The molecule has 0 aliphatic carbocycles. The molecule has 94 valence electrons. The minimum Gasteiger partial charge on any atom is -0.349 e. The first kappa shape index (κ1) is 12.5. The Hall–Kier alpha value is -0.940. The van der Waals surface area contributed by atoms with Gasteiger partial charge in [-0.15, -0.1) is 11.3 Å². The highest BCUT2D eigenvalue weighted by Gasteiger charge is 2.37. The number of carbonyl (C=O) groups excluding carboxylic acids is 1. The monoisotopic (exact) mass is 253 g/mol. The highest BCUT2D eigenvalue weighted by Crippen LogP contribution is 2.32. The number of thiazole rings is 1. The quantitative estimate of drug-likeness (QED) is 0.856. The van der Waals surface area contributed by atoms with Crippen LogP contribution in [0, 0.1) is 5.41 Å². The van der Waals surface area contributed by atoms with Gasteiger partial charge in [-0.1, -0.05) is 6.92 Å². The van der Waals surface area contributed by atoms with Gasteiger partial charge in [0.15, 0.2) is 0 Å². The van der Waals surface area contributed by atoms with E-state index in [1.54, 1.807) is 17.5 Å². The molecule has 1 aliphatic heterocycles. The Morgan fingerprint density at radius 2 is 2.35 bits per heavy atom. The van der Waals surface area contributed by atoms with Gasteiger partial charge >= 0.3 is 0 Å². The SMILES string of the molecule is CCC1(C(=O)NCc2nccs2)CCNCC1. The molecule has 1 saturated heterocycles. The third-order valence-corrected chi connectivity index (χ3v) is 4.38. The number of hydrogen-bond acceptors (Lipinski definition) is 4. The number of carbonyl (C=O) groups is 1. The van der Waals surface area contributed by atoms with Crippen LogP contribution in [-0.4, -0.2) is 24.0 Å². The number of rotatable bonds is 4. The first-order valence-corrected chi connectivity index (χ1v) is 7.02. The van der Waals surface area contributed by atoms with Crippen LogP contribution in [0.1, 0.15) is 31.2 Å². The number of aromatic nitrogens is 1. The van der Waals surface area contributed by atoms with Crippen LogP contribution in [-0.2, 0) is 11.3 Å². The minimum atomic E-state index is -0.164. The van der Waals surface area contributed by atoms with E-state index < -0.39 is 0 Å². The first-order chi connectivity index (χ1) is 8.27. The number of hydrogen-bond donors (Lipinski definition) is 2. The molecule has 2 rings (SSSR count).